The predicted octanol–water partition coefficient (Wildman–Crippen LogP) is -3.42. The Morgan fingerprint density at radius 3 is 1.63 bits per heavy atom. The van der Waals surface area contributed by atoms with Crippen molar-refractivity contribution in [3.63, 3.8) is 0 Å². The van der Waals surface area contributed by atoms with Crippen molar-refractivity contribution in [2.75, 3.05) is 6.54 Å². The van der Waals surface area contributed by atoms with E-state index in [1.807, 2.05) is 6.92 Å². The van der Waals surface area contributed by atoms with E-state index in [-0.39, 0.29) is 115 Å². The zero-order valence-electron chi connectivity index (χ0n) is 19.9. The first kappa shape index (κ1) is 36.3. The summed E-state index contributed by atoms with van der Waals surface area (Å²) in [5.74, 6) is -2.92. The maximum absolute atomic E-state index is 12.6. The van der Waals surface area contributed by atoms with E-state index in [1.165, 1.54) is 43.4 Å². The molecule has 0 saturated carbocycles. The minimum Gasteiger partial charge on any atom is -0.550 e. The first-order chi connectivity index (χ1) is 13.4. The maximum Gasteiger partial charge on any atom is 1.00 e. The van der Waals surface area contributed by atoms with Crippen LogP contribution in [0.25, 0.3) is 0 Å². The molecule has 0 aliphatic heterocycles. The Labute approximate surface area is 268 Å². The molecular weight excluding hydrogens is 436 g/mol. The Balaban J connectivity index is -0.00000364. The van der Waals surface area contributed by atoms with E-state index in [0.717, 1.165) is 32.1 Å². The van der Waals surface area contributed by atoms with Crippen LogP contribution < -0.4 is 113 Å². The minimum absolute atomic E-state index is 0. The van der Waals surface area contributed by atoms with Crippen LogP contribution in [-0.2, 0) is 14.4 Å². The van der Waals surface area contributed by atoms with Gasteiger partial charge >= 0.3 is 103 Å². The average Bonchev–Trinajstić information content (AvgIpc) is 2.64. The van der Waals surface area contributed by atoms with Crippen LogP contribution >= 0.6 is 0 Å². The quantitative estimate of drug-likeness (QED) is 0.143. The van der Waals surface area contributed by atoms with Crippen LogP contribution in [0.2, 0.25) is 0 Å². The summed E-state index contributed by atoms with van der Waals surface area (Å²) in [6, 6.07) is -1.19. The molecule has 0 spiro atoms. The van der Waals surface area contributed by atoms with Crippen LogP contribution in [0.3, 0.4) is 0 Å². The fraction of sp³-hybridized carbons (Fsp3) is 0.864. The van der Waals surface area contributed by atoms with Crippen LogP contribution in [0.15, 0.2) is 0 Å². The second kappa shape index (κ2) is 25.3. The molecule has 0 aliphatic rings. The van der Waals surface area contributed by atoms with Gasteiger partial charge in [0.05, 0.1) is 12.0 Å². The summed E-state index contributed by atoms with van der Waals surface area (Å²) in [7, 11) is 0. The topological polar surface area (TPSA) is 101 Å². The summed E-state index contributed by atoms with van der Waals surface area (Å²) in [5.41, 5.74) is 0. The molecule has 30 heavy (non-hydrogen) atoms. The van der Waals surface area contributed by atoms with Crippen LogP contribution in [0, 0.1) is 0 Å². The van der Waals surface area contributed by atoms with Crippen LogP contribution in [0.4, 0.5) is 0 Å². The fourth-order valence-electron chi connectivity index (χ4n) is 3.37. The van der Waals surface area contributed by atoms with E-state index in [1.54, 1.807) is 0 Å². The Hall–Kier alpha value is 1.68. The van der Waals surface area contributed by atoms with Gasteiger partial charge in [-0.25, -0.2) is 0 Å². The van der Waals surface area contributed by atoms with Gasteiger partial charge in [0.1, 0.15) is 0 Å². The summed E-state index contributed by atoms with van der Waals surface area (Å²) in [5, 5.41) is 22.2. The SMILES string of the molecule is CCCCCCCCCCCC(=O)N(CCCCC)[C@@H](CCC(=O)[O-])C(=O)[O-].[K+].[K+]. The predicted molar refractivity (Wildman–Crippen MR) is 106 cm³/mol. The Kier molecular flexibility index (Phi) is 30.6. The van der Waals surface area contributed by atoms with Gasteiger partial charge in [-0.15, -0.1) is 0 Å². The molecule has 1 amide bonds. The van der Waals surface area contributed by atoms with Crippen molar-refractivity contribution in [2.45, 2.75) is 116 Å². The molecule has 0 aromatic carbocycles. The number of amides is 1. The van der Waals surface area contributed by atoms with Gasteiger partial charge in [-0.1, -0.05) is 78.1 Å². The molecule has 164 valence electrons. The monoisotopic (exact) mass is 475 g/mol. The van der Waals surface area contributed by atoms with Gasteiger partial charge in [0, 0.05) is 18.9 Å². The van der Waals surface area contributed by atoms with E-state index in [2.05, 4.69) is 6.92 Å². The standard InChI is InChI=1S/C22H41NO5.2K/c1-3-5-7-8-9-10-11-12-13-15-20(24)23(18-14-6-4-2)19(22(27)28)16-17-21(25)26;;/h19H,3-18H2,1-2H3,(H,25,26)(H,27,28);;/q;2*+1/p-2/t19-;;/m0../s1. The van der Waals surface area contributed by atoms with Crippen LogP contribution in [-0.4, -0.2) is 35.3 Å². The summed E-state index contributed by atoms with van der Waals surface area (Å²) < 4.78 is 0. The van der Waals surface area contributed by atoms with Crippen molar-refractivity contribution in [1.29, 1.82) is 0 Å². The number of carboxylic acid groups (broad SMARTS) is 2. The molecule has 6 nitrogen and oxygen atoms in total. The van der Waals surface area contributed by atoms with E-state index in [9.17, 15) is 24.6 Å². The smallest absolute Gasteiger partial charge is 0.550 e. The Morgan fingerprint density at radius 1 is 0.700 bits per heavy atom. The zero-order chi connectivity index (χ0) is 21.2. The van der Waals surface area contributed by atoms with E-state index in [4.69, 9.17) is 0 Å². The van der Waals surface area contributed by atoms with Crippen molar-refractivity contribution in [2.24, 2.45) is 0 Å². The van der Waals surface area contributed by atoms with E-state index < -0.39 is 24.4 Å². The molecule has 0 heterocycles. The van der Waals surface area contributed by atoms with Crippen molar-refractivity contribution in [1.82, 2.24) is 4.90 Å². The third kappa shape index (κ3) is 20.3. The Morgan fingerprint density at radius 2 is 1.17 bits per heavy atom. The normalized spacial score (nSPS) is 11.1. The maximum atomic E-state index is 12.6. The number of hydrogen-bond donors (Lipinski definition) is 0. The molecule has 0 rings (SSSR count). The zero-order valence-corrected chi connectivity index (χ0v) is 26.1. The number of aliphatic carboxylic acids is 2. The fourth-order valence-corrected chi connectivity index (χ4v) is 3.37. The first-order valence-corrected chi connectivity index (χ1v) is 11.1. The molecule has 0 unspecified atom stereocenters. The molecule has 0 bridgehead atoms. The molecule has 8 heteroatoms. The van der Waals surface area contributed by atoms with Gasteiger partial charge < -0.3 is 24.7 Å². The second-order valence-corrected chi connectivity index (χ2v) is 7.62. The summed E-state index contributed by atoms with van der Waals surface area (Å²) >= 11 is 0. The molecule has 0 aromatic rings. The number of carbonyl (C=O) groups excluding carboxylic acids is 3. The van der Waals surface area contributed by atoms with E-state index in [0.29, 0.717) is 19.4 Å². The van der Waals surface area contributed by atoms with Gasteiger partial charge in [-0.3, -0.25) is 4.79 Å². The van der Waals surface area contributed by atoms with Crippen LogP contribution in [0.5, 0.6) is 0 Å². The molecule has 0 N–H and O–H groups in total. The Bertz CT molecular complexity index is 449. The van der Waals surface area contributed by atoms with Gasteiger partial charge in [0.2, 0.25) is 5.91 Å². The van der Waals surface area contributed by atoms with Crippen molar-refractivity contribution < 1.29 is 127 Å². The van der Waals surface area contributed by atoms with Gasteiger partial charge in [-0.05, 0) is 25.7 Å². The number of nitrogens with zero attached hydrogens (tertiary/aromatic N) is 1. The van der Waals surface area contributed by atoms with Gasteiger partial charge in [-0.2, -0.15) is 0 Å². The minimum atomic E-state index is -1.39. The number of carbonyl (C=O) groups is 3. The third-order valence-corrected chi connectivity index (χ3v) is 5.09. The molecule has 0 fully saturated rings. The van der Waals surface area contributed by atoms with E-state index >= 15 is 0 Å². The molecule has 0 saturated heterocycles. The van der Waals surface area contributed by atoms with Crippen molar-refractivity contribution in [3.05, 3.63) is 0 Å². The van der Waals surface area contributed by atoms with Crippen molar-refractivity contribution in [3.8, 4) is 0 Å². The first-order valence-electron chi connectivity index (χ1n) is 11.1. The largest absolute Gasteiger partial charge is 1.00 e. The molecule has 0 aromatic heterocycles. The molecule has 0 radical (unpaired) electrons. The number of carboxylic acids is 2. The number of unbranched alkanes of at least 4 members (excludes halogenated alkanes) is 10. The number of rotatable bonds is 19. The second-order valence-electron chi connectivity index (χ2n) is 7.62. The summed E-state index contributed by atoms with van der Waals surface area (Å²) in [4.78, 5) is 36.1. The molecule has 0 aliphatic carbocycles. The number of hydrogen-bond acceptors (Lipinski definition) is 5. The molecular formula is C22H39K2NO5. The average molecular weight is 476 g/mol. The van der Waals surface area contributed by atoms with Gasteiger partial charge in [0.25, 0.3) is 0 Å². The van der Waals surface area contributed by atoms with Crippen LogP contribution in [0.1, 0.15) is 110 Å². The summed E-state index contributed by atoms with van der Waals surface area (Å²) in [6.45, 7) is 4.56. The third-order valence-electron chi connectivity index (χ3n) is 5.09. The van der Waals surface area contributed by atoms with Gasteiger partial charge in [0.15, 0.2) is 0 Å². The molecule has 1 atom stereocenters. The van der Waals surface area contributed by atoms with Crippen molar-refractivity contribution >= 4 is 17.8 Å². The summed E-state index contributed by atoms with van der Waals surface area (Å²) in [6.07, 6.45) is 12.6.